The highest BCUT2D eigenvalue weighted by atomic mass is 15.2. The maximum absolute atomic E-state index is 9.06. The number of nitrogens with zero attached hydrogens (tertiary/aromatic N) is 4. The Labute approximate surface area is 109 Å². The van der Waals surface area contributed by atoms with Crippen LogP contribution in [0.3, 0.4) is 0 Å². The van der Waals surface area contributed by atoms with E-state index in [1.165, 1.54) is 0 Å². The fourth-order valence-corrected chi connectivity index (χ4v) is 1.44. The molecule has 1 heterocycles. The molecule has 0 atom stereocenters. The molecule has 2 rings (SSSR count). The highest BCUT2D eigenvalue weighted by molar-refractivity contribution is 5.70. The van der Waals surface area contributed by atoms with Crippen LogP contribution in [0, 0.1) is 22.8 Å². The molecule has 19 heavy (non-hydrogen) atoms. The van der Waals surface area contributed by atoms with E-state index in [0.717, 1.165) is 5.69 Å². The summed E-state index contributed by atoms with van der Waals surface area (Å²) in [6.45, 7) is 0. The summed E-state index contributed by atoms with van der Waals surface area (Å²) in [5, 5.41) is 22.9. The van der Waals surface area contributed by atoms with Crippen LogP contribution >= 0.6 is 0 Å². The van der Waals surface area contributed by atoms with Crippen LogP contribution in [0.4, 0.5) is 23.3 Å². The first-order valence-electron chi connectivity index (χ1n) is 5.29. The van der Waals surface area contributed by atoms with Gasteiger partial charge in [-0.05, 0) is 12.1 Å². The van der Waals surface area contributed by atoms with E-state index in [0.29, 0.717) is 0 Å². The predicted octanol–water partition coefficient (Wildman–Crippen LogP) is 1.57. The van der Waals surface area contributed by atoms with Gasteiger partial charge in [-0.1, -0.05) is 18.2 Å². The molecule has 0 saturated carbocycles. The van der Waals surface area contributed by atoms with Crippen molar-refractivity contribution in [2.45, 2.75) is 0 Å². The van der Waals surface area contributed by atoms with Crippen LogP contribution in [0.1, 0.15) is 5.56 Å². The Bertz CT molecular complexity index is 667. The second-order valence-electron chi connectivity index (χ2n) is 3.50. The summed E-state index contributed by atoms with van der Waals surface area (Å²) in [5.41, 5.74) is 6.54. The van der Waals surface area contributed by atoms with Crippen LogP contribution in [0.25, 0.3) is 0 Å². The molecule has 0 radical (unpaired) electrons. The van der Waals surface area contributed by atoms with Crippen molar-refractivity contribution in [3.8, 4) is 12.3 Å². The Morgan fingerprint density at radius 2 is 1.84 bits per heavy atom. The molecule has 1 aromatic heterocycles. The van der Waals surface area contributed by atoms with E-state index >= 15 is 0 Å². The number of nitriles is 2. The van der Waals surface area contributed by atoms with Crippen LogP contribution in [-0.4, -0.2) is 9.97 Å². The monoisotopic (exact) mass is 251 g/mol. The number of nitrogen functional groups attached to an aromatic ring is 1. The zero-order valence-electron chi connectivity index (χ0n) is 9.75. The molecular weight excluding hydrogens is 242 g/mol. The summed E-state index contributed by atoms with van der Waals surface area (Å²) < 4.78 is 0. The van der Waals surface area contributed by atoms with E-state index in [2.05, 4.69) is 20.6 Å². The van der Waals surface area contributed by atoms with Gasteiger partial charge in [0.15, 0.2) is 12.0 Å². The molecule has 0 bridgehead atoms. The molecule has 0 spiro atoms. The lowest BCUT2D eigenvalue weighted by molar-refractivity contribution is 1.16. The molecule has 0 saturated heterocycles. The van der Waals surface area contributed by atoms with Crippen molar-refractivity contribution in [2.24, 2.45) is 0 Å². The van der Waals surface area contributed by atoms with E-state index in [9.17, 15) is 0 Å². The second kappa shape index (κ2) is 5.34. The van der Waals surface area contributed by atoms with Gasteiger partial charge in [0.2, 0.25) is 5.95 Å². The molecule has 0 aliphatic heterocycles. The Kier molecular flexibility index (Phi) is 3.41. The van der Waals surface area contributed by atoms with Crippen LogP contribution in [-0.2, 0) is 0 Å². The molecule has 7 nitrogen and oxygen atoms in total. The Morgan fingerprint density at radius 1 is 1.11 bits per heavy atom. The normalized spacial score (nSPS) is 9.16. The molecule has 92 valence electrons. The van der Waals surface area contributed by atoms with Crippen molar-refractivity contribution in [3.63, 3.8) is 0 Å². The molecule has 0 amide bonds. The molecule has 0 aliphatic carbocycles. The second-order valence-corrected chi connectivity index (χ2v) is 3.50. The lowest BCUT2D eigenvalue weighted by Crippen LogP contribution is -2.07. The number of benzene rings is 1. The highest BCUT2D eigenvalue weighted by Gasteiger charge is 2.12. The summed E-state index contributed by atoms with van der Waals surface area (Å²) in [5.74, 6) is 0.296. The van der Waals surface area contributed by atoms with Gasteiger partial charge in [0.25, 0.3) is 0 Å². The topological polar surface area (TPSA) is 123 Å². The molecule has 7 heteroatoms. The number of hydrogen-bond donors (Lipinski definition) is 3. The molecule has 0 unspecified atom stereocenters. The molecule has 0 aliphatic rings. The highest BCUT2D eigenvalue weighted by Crippen LogP contribution is 2.23. The van der Waals surface area contributed by atoms with Crippen LogP contribution in [0.15, 0.2) is 30.3 Å². The summed E-state index contributed by atoms with van der Waals surface area (Å²) in [6, 6.07) is 11.1. The van der Waals surface area contributed by atoms with Gasteiger partial charge in [0, 0.05) is 5.69 Å². The van der Waals surface area contributed by atoms with Gasteiger partial charge in [0.1, 0.15) is 17.5 Å². The summed E-state index contributed by atoms with van der Waals surface area (Å²) in [6.07, 6.45) is 1.70. The summed E-state index contributed by atoms with van der Waals surface area (Å²) >= 11 is 0. The lowest BCUT2D eigenvalue weighted by Gasteiger charge is -2.09. The third-order valence-electron chi connectivity index (χ3n) is 2.25. The molecule has 1 aromatic carbocycles. The van der Waals surface area contributed by atoms with Crippen LogP contribution in [0.2, 0.25) is 0 Å². The zero-order chi connectivity index (χ0) is 13.7. The number of rotatable bonds is 3. The SMILES string of the molecule is N#CNc1nc(N)c(C#N)c(Nc2ccccc2)n1. The smallest absolute Gasteiger partial charge is 0.240 e. The average molecular weight is 251 g/mol. The first-order chi connectivity index (χ1) is 9.24. The van der Waals surface area contributed by atoms with E-state index < -0.39 is 0 Å². The Balaban J connectivity index is 2.43. The third kappa shape index (κ3) is 2.68. The maximum Gasteiger partial charge on any atom is 0.240 e. The average Bonchev–Trinajstić information content (AvgIpc) is 2.40. The van der Waals surface area contributed by atoms with Crippen molar-refractivity contribution < 1.29 is 0 Å². The Morgan fingerprint density at radius 3 is 2.47 bits per heavy atom. The maximum atomic E-state index is 9.06. The van der Waals surface area contributed by atoms with Gasteiger partial charge in [-0.25, -0.2) is 0 Å². The quantitative estimate of drug-likeness (QED) is 0.558. The van der Waals surface area contributed by atoms with E-state index in [1.807, 2.05) is 36.4 Å². The van der Waals surface area contributed by atoms with Crippen molar-refractivity contribution in [1.29, 1.82) is 10.5 Å². The minimum absolute atomic E-state index is 0.00804. The lowest BCUT2D eigenvalue weighted by atomic mass is 10.2. The van der Waals surface area contributed by atoms with Crippen molar-refractivity contribution in [2.75, 3.05) is 16.4 Å². The zero-order valence-corrected chi connectivity index (χ0v) is 9.75. The first-order valence-corrected chi connectivity index (χ1v) is 5.29. The number of nitrogens with one attached hydrogen (secondary N) is 2. The summed E-state index contributed by atoms with van der Waals surface area (Å²) in [4.78, 5) is 7.84. The van der Waals surface area contributed by atoms with Crippen molar-refractivity contribution in [3.05, 3.63) is 35.9 Å². The minimum atomic E-state index is 0.00804. The van der Waals surface area contributed by atoms with E-state index in [-0.39, 0.29) is 23.1 Å². The standard InChI is InChI=1S/C12H9N7/c13-6-9-10(15)18-12(16-7-14)19-11(9)17-8-4-2-1-3-5-8/h1-5H,(H4,15,16,17,18,19). The molecular formula is C12H9N7. The van der Waals surface area contributed by atoms with Gasteiger partial charge >= 0.3 is 0 Å². The van der Waals surface area contributed by atoms with E-state index in [4.69, 9.17) is 16.3 Å². The van der Waals surface area contributed by atoms with Gasteiger partial charge in [0.05, 0.1) is 0 Å². The molecule has 2 aromatic rings. The largest absolute Gasteiger partial charge is 0.382 e. The van der Waals surface area contributed by atoms with Gasteiger partial charge < -0.3 is 11.1 Å². The van der Waals surface area contributed by atoms with Gasteiger partial charge in [-0.3, -0.25) is 5.32 Å². The number of nitrogens with two attached hydrogens (primary N) is 1. The number of aromatic nitrogens is 2. The Hall–Kier alpha value is -3.32. The first kappa shape index (κ1) is 12.1. The minimum Gasteiger partial charge on any atom is -0.382 e. The van der Waals surface area contributed by atoms with Crippen LogP contribution in [0.5, 0.6) is 0 Å². The molecule has 0 fully saturated rings. The fraction of sp³-hybridized carbons (Fsp3) is 0. The number of para-hydroxylation sites is 1. The predicted molar refractivity (Wildman–Crippen MR) is 70.1 cm³/mol. The number of anilines is 4. The van der Waals surface area contributed by atoms with Gasteiger partial charge in [-0.15, -0.1) is 0 Å². The number of hydrogen-bond acceptors (Lipinski definition) is 7. The fourth-order valence-electron chi connectivity index (χ4n) is 1.44. The van der Waals surface area contributed by atoms with E-state index in [1.54, 1.807) is 6.19 Å². The summed E-state index contributed by atoms with van der Waals surface area (Å²) in [7, 11) is 0. The van der Waals surface area contributed by atoms with Gasteiger partial charge in [-0.2, -0.15) is 20.5 Å². The molecule has 4 N–H and O–H groups in total. The van der Waals surface area contributed by atoms with Crippen LogP contribution < -0.4 is 16.4 Å². The van der Waals surface area contributed by atoms with Crippen molar-refractivity contribution in [1.82, 2.24) is 9.97 Å². The third-order valence-corrected chi connectivity index (χ3v) is 2.25. The van der Waals surface area contributed by atoms with Crippen molar-refractivity contribution >= 4 is 23.3 Å².